The van der Waals surface area contributed by atoms with Crippen LogP contribution in [0, 0.1) is 10.1 Å². The van der Waals surface area contributed by atoms with E-state index in [1.807, 2.05) is 0 Å². The summed E-state index contributed by atoms with van der Waals surface area (Å²) in [5.74, 6) is 0.958. The monoisotopic (exact) mass is 399 g/mol. The fraction of sp³-hybridized carbons (Fsp3) is 0.0526. The Labute approximate surface area is 164 Å². The molecule has 1 N–H and O–H groups in total. The van der Waals surface area contributed by atoms with Gasteiger partial charge in [-0.15, -0.1) is 0 Å². The van der Waals surface area contributed by atoms with Gasteiger partial charge in [0.1, 0.15) is 17.3 Å². The van der Waals surface area contributed by atoms with Crippen LogP contribution in [-0.4, -0.2) is 23.7 Å². The maximum absolute atomic E-state index is 11.7. The number of benzene rings is 2. The van der Waals surface area contributed by atoms with Crippen molar-refractivity contribution < 1.29 is 18.9 Å². The van der Waals surface area contributed by atoms with E-state index in [4.69, 9.17) is 20.8 Å². The Morgan fingerprint density at radius 1 is 1.21 bits per heavy atom. The number of non-ortho nitro benzene ring substituents is 1. The van der Waals surface area contributed by atoms with E-state index in [0.717, 1.165) is 0 Å². The van der Waals surface area contributed by atoms with Gasteiger partial charge in [-0.1, -0.05) is 17.7 Å². The topological polar surface area (TPSA) is 107 Å². The molecule has 9 heteroatoms. The van der Waals surface area contributed by atoms with Gasteiger partial charge in [0.05, 0.1) is 11.1 Å². The highest BCUT2D eigenvalue weighted by atomic mass is 35.5. The number of furan rings is 1. The van der Waals surface area contributed by atoms with E-state index in [-0.39, 0.29) is 12.3 Å². The fourth-order valence-corrected chi connectivity index (χ4v) is 2.41. The Kier molecular flexibility index (Phi) is 6.03. The molecule has 28 heavy (non-hydrogen) atoms. The van der Waals surface area contributed by atoms with Crippen molar-refractivity contribution in [3.8, 4) is 17.1 Å². The lowest BCUT2D eigenvalue weighted by molar-refractivity contribution is -0.384. The number of rotatable bonds is 7. The second-order valence-electron chi connectivity index (χ2n) is 5.55. The van der Waals surface area contributed by atoms with Crippen LogP contribution >= 0.6 is 11.6 Å². The third-order valence-corrected chi connectivity index (χ3v) is 3.77. The van der Waals surface area contributed by atoms with Crippen LogP contribution in [0.15, 0.2) is 70.2 Å². The number of nitrogens with zero attached hydrogens (tertiary/aromatic N) is 2. The molecule has 0 radical (unpaired) electrons. The molecule has 1 aromatic heterocycles. The number of amides is 1. The molecule has 0 spiro atoms. The summed E-state index contributed by atoms with van der Waals surface area (Å²) in [5.41, 5.74) is 3.01. The van der Waals surface area contributed by atoms with E-state index in [1.165, 1.54) is 18.3 Å². The molecule has 0 saturated heterocycles. The number of hydrogen-bond donors (Lipinski definition) is 1. The van der Waals surface area contributed by atoms with Gasteiger partial charge in [-0.05, 0) is 42.5 Å². The number of hydrazone groups is 1. The maximum Gasteiger partial charge on any atom is 0.277 e. The standard InChI is InChI=1S/C19H14ClN3O5/c20-14-2-1-3-16(10-14)27-12-19(24)22-21-11-17-8-9-18(28-17)13-4-6-15(7-5-13)23(25)26/h1-11H,12H2,(H,22,24)/b21-11+. The van der Waals surface area contributed by atoms with Gasteiger partial charge in [0.2, 0.25) is 0 Å². The number of nitrogens with one attached hydrogen (secondary N) is 1. The molecule has 0 aliphatic carbocycles. The Morgan fingerprint density at radius 2 is 2.00 bits per heavy atom. The Morgan fingerprint density at radius 3 is 2.71 bits per heavy atom. The van der Waals surface area contributed by atoms with Crippen LogP contribution in [0.5, 0.6) is 5.75 Å². The molecule has 0 aliphatic heterocycles. The highest BCUT2D eigenvalue weighted by Gasteiger charge is 2.08. The molecule has 142 valence electrons. The molecule has 1 amide bonds. The first-order chi connectivity index (χ1) is 13.5. The third kappa shape index (κ3) is 5.18. The van der Waals surface area contributed by atoms with Crippen LogP contribution in [0.3, 0.4) is 0 Å². The molecule has 0 unspecified atom stereocenters. The summed E-state index contributed by atoms with van der Waals surface area (Å²) in [6.07, 6.45) is 1.34. The van der Waals surface area contributed by atoms with Gasteiger partial charge in [0.15, 0.2) is 6.61 Å². The van der Waals surface area contributed by atoms with Gasteiger partial charge in [-0.3, -0.25) is 14.9 Å². The number of nitro benzene ring substituents is 1. The van der Waals surface area contributed by atoms with Crippen molar-refractivity contribution in [1.29, 1.82) is 0 Å². The van der Waals surface area contributed by atoms with Crippen molar-refractivity contribution in [2.75, 3.05) is 6.61 Å². The van der Waals surface area contributed by atoms with Crippen LogP contribution in [0.1, 0.15) is 5.76 Å². The lowest BCUT2D eigenvalue weighted by Crippen LogP contribution is -2.24. The van der Waals surface area contributed by atoms with E-state index >= 15 is 0 Å². The van der Waals surface area contributed by atoms with E-state index < -0.39 is 10.8 Å². The SMILES string of the molecule is O=C(COc1cccc(Cl)c1)N/N=C/c1ccc(-c2ccc([N+](=O)[O-])cc2)o1. The minimum Gasteiger partial charge on any atom is -0.484 e. The quantitative estimate of drug-likeness (QED) is 0.366. The number of nitro groups is 1. The average Bonchev–Trinajstić information content (AvgIpc) is 3.15. The first kappa shape index (κ1) is 19.1. The van der Waals surface area contributed by atoms with Crippen LogP contribution in [0.4, 0.5) is 5.69 Å². The largest absolute Gasteiger partial charge is 0.484 e. The molecule has 0 atom stereocenters. The molecule has 1 heterocycles. The molecule has 0 bridgehead atoms. The summed E-state index contributed by atoms with van der Waals surface area (Å²) in [4.78, 5) is 22.0. The van der Waals surface area contributed by atoms with Crippen molar-refractivity contribution >= 4 is 29.4 Å². The average molecular weight is 400 g/mol. The predicted octanol–water partition coefficient (Wildman–Crippen LogP) is 4.04. The zero-order chi connectivity index (χ0) is 19.9. The van der Waals surface area contributed by atoms with Gasteiger partial charge in [0, 0.05) is 22.7 Å². The molecule has 2 aromatic carbocycles. The summed E-state index contributed by atoms with van der Waals surface area (Å²) in [6.45, 7) is -0.218. The summed E-state index contributed by atoms with van der Waals surface area (Å²) >= 11 is 5.84. The number of hydrogen-bond acceptors (Lipinski definition) is 6. The highest BCUT2D eigenvalue weighted by Crippen LogP contribution is 2.24. The number of ether oxygens (including phenoxy) is 1. The minimum absolute atomic E-state index is 0.000188. The number of carbonyl (C=O) groups is 1. The van der Waals surface area contributed by atoms with E-state index in [2.05, 4.69) is 10.5 Å². The summed E-state index contributed by atoms with van der Waals surface area (Å²) in [7, 11) is 0. The minimum atomic E-state index is -0.469. The van der Waals surface area contributed by atoms with Gasteiger partial charge in [0.25, 0.3) is 11.6 Å². The Balaban J connectivity index is 1.52. The lowest BCUT2D eigenvalue weighted by Gasteiger charge is -2.04. The smallest absolute Gasteiger partial charge is 0.277 e. The molecule has 0 aliphatic rings. The second kappa shape index (κ2) is 8.83. The molecule has 8 nitrogen and oxygen atoms in total. The van der Waals surface area contributed by atoms with Crippen LogP contribution in [-0.2, 0) is 4.79 Å². The predicted molar refractivity (Wildman–Crippen MR) is 103 cm³/mol. The van der Waals surface area contributed by atoms with Crippen LogP contribution < -0.4 is 10.2 Å². The van der Waals surface area contributed by atoms with Crippen LogP contribution in [0.25, 0.3) is 11.3 Å². The lowest BCUT2D eigenvalue weighted by atomic mass is 10.1. The summed E-state index contributed by atoms with van der Waals surface area (Å²) < 4.78 is 10.9. The summed E-state index contributed by atoms with van der Waals surface area (Å²) in [5, 5.41) is 15.0. The zero-order valence-corrected chi connectivity index (χ0v) is 15.1. The highest BCUT2D eigenvalue weighted by molar-refractivity contribution is 6.30. The van der Waals surface area contributed by atoms with E-state index in [9.17, 15) is 14.9 Å². The van der Waals surface area contributed by atoms with E-state index in [1.54, 1.807) is 48.5 Å². The van der Waals surface area contributed by atoms with E-state index in [0.29, 0.717) is 27.9 Å². The van der Waals surface area contributed by atoms with Crippen LogP contribution in [0.2, 0.25) is 5.02 Å². The molecular weight excluding hydrogens is 386 g/mol. The molecular formula is C19H14ClN3O5. The van der Waals surface area contributed by atoms with Crippen molar-refractivity contribution in [3.05, 3.63) is 81.6 Å². The fourth-order valence-electron chi connectivity index (χ4n) is 2.23. The van der Waals surface area contributed by atoms with Gasteiger partial charge < -0.3 is 9.15 Å². The first-order valence-corrected chi connectivity index (χ1v) is 8.44. The van der Waals surface area contributed by atoms with Gasteiger partial charge >= 0.3 is 0 Å². The zero-order valence-electron chi connectivity index (χ0n) is 14.4. The van der Waals surface area contributed by atoms with Gasteiger partial charge in [-0.2, -0.15) is 5.10 Å². The number of carbonyl (C=O) groups excluding carboxylic acids is 1. The Hall–Kier alpha value is -3.65. The number of halogens is 1. The normalized spacial score (nSPS) is 10.8. The summed E-state index contributed by atoms with van der Waals surface area (Å²) in [6, 6.07) is 16.0. The molecule has 3 aromatic rings. The molecule has 0 saturated carbocycles. The third-order valence-electron chi connectivity index (χ3n) is 3.54. The van der Waals surface area contributed by atoms with Crippen molar-refractivity contribution in [2.45, 2.75) is 0 Å². The molecule has 0 fully saturated rings. The molecule has 3 rings (SSSR count). The first-order valence-electron chi connectivity index (χ1n) is 8.06. The van der Waals surface area contributed by atoms with Crippen molar-refractivity contribution in [2.24, 2.45) is 5.10 Å². The second-order valence-corrected chi connectivity index (χ2v) is 5.98. The van der Waals surface area contributed by atoms with Crippen molar-refractivity contribution in [1.82, 2.24) is 5.43 Å². The maximum atomic E-state index is 11.7. The Bertz CT molecular complexity index is 1010. The van der Waals surface area contributed by atoms with Crippen molar-refractivity contribution in [3.63, 3.8) is 0 Å². The van der Waals surface area contributed by atoms with Gasteiger partial charge in [-0.25, -0.2) is 5.43 Å².